The molecule has 0 unspecified atom stereocenters. The predicted molar refractivity (Wildman–Crippen MR) is 57.9 cm³/mol. The lowest BCUT2D eigenvalue weighted by atomic mass is 10.0. The van der Waals surface area contributed by atoms with Crippen molar-refractivity contribution in [2.45, 2.75) is 25.2 Å². The number of piperidine rings is 1. The summed E-state index contributed by atoms with van der Waals surface area (Å²) in [6, 6.07) is 0. The van der Waals surface area contributed by atoms with Crippen molar-refractivity contribution in [1.82, 2.24) is 25.1 Å². The number of tetrazole rings is 1. The molecule has 0 aromatic carbocycles. The molecule has 0 atom stereocenters. The SMILES string of the molecule is Cn1nnc(CN2CCCC3(C2)OCCO3)n1. The molecule has 2 aliphatic rings. The van der Waals surface area contributed by atoms with Crippen molar-refractivity contribution in [1.29, 1.82) is 0 Å². The van der Waals surface area contributed by atoms with Crippen molar-refractivity contribution in [3.8, 4) is 0 Å². The summed E-state index contributed by atoms with van der Waals surface area (Å²) in [4.78, 5) is 3.75. The predicted octanol–water partition coefficient (Wildman–Crippen LogP) is -0.451. The van der Waals surface area contributed by atoms with E-state index in [9.17, 15) is 0 Å². The standard InChI is InChI=1S/C10H17N5O2/c1-14-12-9(11-13-14)7-15-4-2-3-10(8-15)16-5-6-17-10/h2-8H2,1H3. The van der Waals surface area contributed by atoms with E-state index in [1.54, 1.807) is 7.05 Å². The van der Waals surface area contributed by atoms with Gasteiger partial charge in [0.2, 0.25) is 0 Å². The Bertz CT molecular complexity index is 388. The number of hydrogen-bond acceptors (Lipinski definition) is 6. The topological polar surface area (TPSA) is 65.3 Å². The van der Waals surface area contributed by atoms with Gasteiger partial charge in [0.05, 0.1) is 33.4 Å². The van der Waals surface area contributed by atoms with Crippen LogP contribution < -0.4 is 0 Å². The van der Waals surface area contributed by atoms with Crippen LogP contribution in [-0.2, 0) is 23.1 Å². The summed E-state index contributed by atoms with van der Waals surface area (Å²) in [5.74, 6) is 0.378. The molecule has 0 N–H and O–H groups in total. The number of ether oxygens (including phenoxy) is 2. The summed E-state index contributed by atoms with van der Waals surface area (Å²) in [7, 11) is 1.78. The molecule has 1 spiro atoms. The summed E-state index contributed by atoms with van der Waals surface area (Å²) in [6.45, 7) is 3.95. The van der Waals surface area contributed by atoms with Gasteiger partial charge in [0.15, 0.2) is 11.6 Å². The number of aromatic nitrogens is 4. The Labute approximate surface area is 99.7 Å². The van der Waals surface area contributed by atoms with Crippen molar-refractivity contribution in [3.63, 3.8) is 0 Å². The molecule has 2 saturated heterocycles. The highest BCUT2D eigenvalue weighted by Gasteiger charge is 2.40. The minimum atomic E-state index is -0.375. The van der Waals surface area contributed by atoms with Gasteiger partial charge in [0.1, 0.15) is 0 Å². The fraction of sp³-hybridized carbons (Fsp3) is 0.900. The number of nitrogens with zero attached hydrogens (tertiary/aromatic N) is 5. The fourth-order valence-electron chi connectivity index (χ4n) is 2.53. The first-order valence-corrected chi connectivity index (χ1v) is 5.99. The van der Waals surface area contributed by atoms with Crippen LogP contribution in [0.2, 0.25) is 0 Å². The van der Waals surface area contributed by atoms with Crippen LogP contribution in [0.25, 0.3) is 0 Å². The maximum absolute atomic E-state index is 5.73. The van der Waals surface area contributed by atoms with Crippen LogP contribution in [0, 0.1) is 0 Å². The van der Waals surface area contributed by atoms with E-state index >= 15 is 0 Å². The highest BCUT2D eigenvalue weighted by atomic mass is 16.7. The van der Waals surface area contributed by atoms with Gasteiger partial charge in [0, 0.05) is 6.42 Å². The molecule has 7 nitrogen and oxygen atoms in total. The van der Waals surface area contributed by atoms with Gasteiger partial charge in [-0.15, -0.1) is 10.2 Å². The molecular formula is C10H17N5O2. The maximum Gasteiger partial charge on any atom is 0.188 e. The Morgan fingerprint density at radius 2 is 2.18 bits per heavy atom. The van der Waals surface area contributed by atoms with E-state index in [1.807, 2.05) is 0 Å². The molecule has 0 aliphatic carbocycles. The smallest absolute Gasteiger partial charge is 0.188 e. The van der Waals surface area contributed by atoms with Crippen LogP contribution in [0.5, 0.6) is 0 Å². The van der Waals surface area contributed by atoms with Crippen LogP contribution in [0.15, 0.2) is 0 Å². The average molecular weight is 239 g/mol. The van der Waals surface area contributed by atoms with Gasteiger partial charge in [-0.3, -0.25) is 4.90 Å². The number of rotatable bonds is 2. The molecule has 3 heterocycles. The van der Waals surface area contributed by atoms with Crippen molar-refractivity contribution in [2.24, 2.45) is 7.05 Å². The summed E-state index contributed by atoms with van der Waals surface area (Å²) in [5.41, 5.74) is 0. The van der Waals surface area contributed by atoms with Gasteiger partial charge < -0.3 is 9.47 Å². The van der Waals surface area contributed by atoms with E-state index in [0.29, 0.717) is 19.8 Å². The molecule has 1 aromatic rings. The third-order valence-corrected chi connectivity index (χ3v) is 3.22. The maximum atomic E-state index is 5.73. The van der Waals surface area contributed by atoms with Crippen molar-refractivity contribution >= 4 is 0 Å². The van der Waals surface area contributed by atoms with Crippen molar-refractivity contribution in [2.75, 3.05) is 26.3 Å². The first-order valence-electron chi connectivity index (χ1n) is 5.99. The lowest BCUT2D eigenvalue weighted by Gasteiger charge is -2.37. The monoisotopic (exact) mass is 239 g/mol. The van der Waals surface area contributed by atoms with E-state index in [4.69, 9.17) is 9.47 Å². The molecule has 94 valence electrons. The normalized spacial score (nSPS) is 24.5. The zero-order chi connectivity index (χ0) is 11.7. The van der Waals surface area contributed by atoms with Gasteiger partial charge in [-0.25, -0.2) is 0 Å². The van der Waals surface area contributed by atoms with Gasteiger partial charge in [0.25, 0.3) is 0 Å². The number of hydrogen-bond donors (Lipinski definition) is 0. The highest BCUT2D eigenvalue weighted by Crippen LogP contribution is 2.30. The van der Waals surface area contributed by atoms with Gasteiger partial charge in [-0.05, 0) is 18.2 Å². The Kier molecular flexibility index (Phi) is 2.81. The molecule has 0 saturated carbocycles. The molecule has 0 bridgehead atoms. The average Bonchev–Trinajstić information content (AvgIpc) is 2.89. The number of likely N-dealkylation sites (tertiary alicyclic amines) is 1. The summed E-state index contributed by atoms with van der Waals surface area (Å²) in [6.07, 6.45) is 2.07. The second-order valence-corrected chi connectivity index (χ2v) is 4.62. The van der Waals surface area contributed by atoms with Crippen molar-refractivity contribution in [3.05, 3.63) is 5.82 Å². The quantitative estimate of drug-likeness (QED) is 0.696. The highest BCUT2D eigenvalue weighted by molar-refractivity contribution is 4.87. The van der Waals surface area contributed by atoms with Crippen LogP contribution in [0.1, 0.15) is 18.7 Å². The summed E-state index contributed by atoms with van der Waals surface area (Å²) >= 11 is 0. The van der Waals surface area contributed by atoms with E-state index in [2.05, 4.69) is 20.3 Å². The lowest BCUT2D eigenvalue weighted by molar-refractivity contribution is -0.190. The van der Waals surface area contributed by atoms with Crippen molar-refractivity contribution < 1.29 is 9.47 Å². The lowest BCUT2D eigenvalue weighted by Crippen LogP contribution is -2.48. The van der Waals surface area contributed by atoms with Gasteiger partial charge >= 0.3 is 0 Å². The molecule has 0 amide bonds. The molecule has 1 aromatic heterocycles. The second kappa shape index (κ2) is 4.32. The van der Waals surface area contributed by atoms with Crippen LogP contribution >= 0.6 is 0 Å². The first kappa shape index (κ1) is 11.1. The third-order valence-electron chi connectivity index (χ3n) is 3.22. The Hall–Kier alpha value is -1.05. The minimum absolute atomic E-state index is 0.375. The molecule has 2 fully saturated rings. The first-order chi connectivity index (χ1) is 8.26. The molecule has 3 rings (SSSR count). The van der Waals surface area contributed by atoms with E-state index in [0.717, 1.165) is 31.8 Å². The van der Waals surface area contributed by atoms with E-state index < -0.39 is 0 Å². The molecule has 17 heavy (non-hydrogen) atoms. The summed E-state index contributed by atoms with van der Waals surface area (Å²) < 4.78 is 11.5. The molecule has 0 radical (unpaired) electrons. The molecule has 2 aliphatic heterocycles. The summed E-state index contributed by atoms with van der Waals surface area (Å²) in [5, 5.41) is 12.0. The largest absolute Gasteiger partial charge is 0.346 e. The minimum Gasteiger partial charge on any atom is -0.346 e. The van der Waals surface area contributed by atoms with Crippen LogP contribution in [0.3, 0.4) is 0 Å². The fourth-order valence-corrected chi connectivity index (χ4v) is 2.53. The zero-order valence-corrected chi connectivity index (χ0v) is 10.0. The second-order valence-electron chi connectivity index (χ2n) is 4.62. The van der Waals surface area contributed by atoms with Crippen LogP contribution in [-0.4, -0.2) is 57.2 Å². The van der Waals surface area contributed by atoms with Crippen LogP contribution in [0.4, 0.5) is 0 Å². The number of aryl methyl sites for hydroxylation is 1. The third kappa shape index (κ3) is 2.31. The van der Waals surface area contributed by atoms with E-state index in [-0.39, 0.29) is 5.79 Å². The Morgan fingerprint density at radius 3 is 2.88 bits per heavy atom. The van der Waals surface area contributed by atoms with E-state index in [1.165, 1.54) is 4.80 Å². The van der Waals surface area contributed by atoms with Gasteiger partial charge in [-0.2, -0.15) is 4.80 Å². The molecule has 7 heteroatoms. The zero-order valence-electron chi connectivity index (χ0n) is 10.0. The molecular weight excluding hydrogens is 222 g/mol. The van der Waals surface area contributed by atoms with Gasteiger partial charge in [-0.1, -0.05) is 0 Å². The Morgan fingerprint density at radius 1 is 1.35 bits per heavy atom. The Balaban J connectivity index is 1.64.